The highest BCUT2D eigenvalue weighted by atomic mass is 16.5. The van der Waals surface area contributed by atoms with E-state index in [2.05, 4.69) is 20.4 Å². The molecule has 0 bridgehead atoms. The Labute approximate surface area is 126 Å². The first-order valence-corrected chi connectivity index (χ1v) is 6.59. The fourth-order valence-corrected chi connectivity index (χ4v) is 1.97. The lowest BCUT2D eigenvalue weighted by Gasteiger charge is -2.05. The molecule has 0 atom stereocenters. The highest BCUT2D eigenvalue weighted by Gasteiger charge is 2.22. The molecule has 3 aromatic rings. The summed E-state index contributed by atoms with van der Waals surface area (Å²) in [4.78, 5) is 20.4. The Hall–Kier alpha value is -3.22. The zero-order valence-corrected chi connectivity index (χ0v) is 11.6. The van der Waals surface area contributed by atoms with Crippen LogP contribution in [-0.4, -0.2) is 21.0 Å². The number of nitrogen functional groups attached to an aromatic ring is 1. The number of aromatic nitrogens is 3. The Morgan fingerprint density at radius 3 is 2.73 bits per heavy atom. The molecule has 3 rings (SSSR count). The molecule has 0 aliphatic carbocycles. The van der Waals surface area contributed by atoms with Crippen LogP contribution in [0.4, 0.5) is 5.88 Å². The second kappa shape index (κ2) is 6.04. The lowest BCUT2D eigenvalue weighted by Crippen LogP contribution is -2.23. The molecule has 0 saturated heterocycles. The van der Waals surface area contributed by atoms with Gasteiger partial charge in [-0.3, -0.25) is 14.8 Å². The quantitative estimate of drug-likeness (QED) is 0.757. The highest BCUT2D eigenvalue weighted by molar-refractivity contribution is 6.03. The van der Waals surface area contributed by atoms with Gasteiger partial charge in [0.1, 0.15) is 11.3 Å². The van der Waals surface area contributed by atoms with Gasteiger partial charge in [0.15, 0.2) is 0 Å². The van der Waals surface area contributed by atoms with Gasteiger partial charge < -0.3 is 15.6 Å². The Morgan fingerprint density at radius 2 is 2.00 bits per heavy atom. The lowest BCUT2D eigenvalue weighted by molar-refractivity contribution is 0.0952. The maximum Gasteiger partial charge on any atom is 0.259 e. The van der Waals surface area contributed by atoms with Crippen LogP contribution in [0.1, 0.15) is 15.9 Å². The van der Waals surface area contributed by atoms with E-state index in [0.717, 1.165) is 5.56 Å². The van der Waals surface area contributed by atoms with E-state index in [1.165, 1.54) is 0 Å². The summed E-state index contributed by atoms with van der Waals surface area (Å²) >= 11 is 0. The van der Waals surface area contributed by atoms with Gasteiger partial charge in [0, 0.05) is 25.1 Å². The maximum atomic E-state index is 12.4. The average molecular weight is 295 g/mol. The van der Waals surface area contributed by atoms with Crippen molar-refractivity contribution in [3.63, 3.8) is 0 Å². The molecule has 0 fully saturated rings. The standard InChI is InChI=1S/C15H13N5O2/c16-14-12(13(20-22-14)11-3-1-2-6-18-11)15(21)19-9-10-4-7-17-8-5-10/h1-8H,9,16H2,(H,19,21). The van der Waals surface area contributed by atoms with E-state index >= 15 is 0 Å². The number of hydrogen-bond acceptors (Lipinski definition) is 6. The van der Waals surface area contributed by atoms with Crippen molar-refractivity contribution in [1.82, 2.24) is 20.4 Å². The predicted octanol–water partition coefficient (Wildman–Crippen LogP) is 1.64. The van der Waals surface area contributed by atoms with Crippen LogP contribution in [0.3, 0.4) is 0 Å². The van der Waals surface area contributed by atoms with Crippen molar-refractivity contribution in [3.05, 3.63) is 60.0 Å². The summed E-state index contributed by atoms with van der Waals surface area (Å²) in [6, 6.07) is 8.94. The number of anilines is 1. The molecule has 7 nitrogen and oxygen atoms in total. The van der Waals surface area contributed by atoms with E-state index in [1.54, 1.807) is 36.8 Å². The van der Waals surface area contributed by atoms with Gasteiger partial charge in [-0.25, -0.2) is 0 Å². The molecule has 0 spiro atoms. The number of nitrogens with one attached hydrogen (secondary N) is 1. The van der Waals surface area contributed by atoms with Crippen LogP contribution in [0.2, 0.25) is 0 Å². The minimum atomic E-state index is -0.365. The van der Waals surface area contributed by atoms with Gasteiger partial charge in [-0.05, 0) is 29.8 Å². The number of carbonyl (C=O) groups excluding carboxylic acids is 1. The van der Waals surface area contributed by atoms with Crippen molar-refractivity contribution >= 4 is 11.8 Å². The first-order valence-electron chi connectivity index (χ1n) is 6.59. The highest BCUT2D eigenvalue weighted by Crippen LogP contribution is 2.25. The zero-order chi connectivity index (χ0) is 15.4. The first kappa shape index (κ1) is 13.7. The molecule has 0 aliphatic heterocycles. The van der Waals surface area contributed by atoms with E-state index < -0.39 is 0 Å². The Morgan fingerprint density at radius 1 is 1.18 bits per heavy atom. The van der Waals surface area contributed by atoms with Crippen molar-refractivity contribution in [2.24, 2.45) is 0 Å². The average Bonchev–Trinajstić information content (AvgIpc) is 2.96. The number of carbonyl (C=O) groups is 1. The Balaban J connectivity index is 1.82. The summed E-state index contributed by atoms with van der Waals surface area (Å²) in [7, 11) is 0. The number of amides is 1. The SMILES string of the molecule is Nc1onc(-c2ccccn2)c1C(=O)NCc1ccncc1. The maximum absolute atomic E-state index is 12.4. The summed E-state index contributed by atoms with van der Waals surface area (Å²) in [5, 5.41) is 6.61. The van der Waals surface area contributed by atoms with Crippen LogP contribution in [0, 0.1) is 0 Å². The molecule has 22 heavy (non-hydrogen) atoms. The van der Waals surface area contributed by atoms with E-state index in [0.29, 0.717) is 17.9 Å². The van der Waals surface area contributed by atoms with Gasteiger partial charge in [-0.15, -0.1) is 0 Å². The van der Waals surface area contributed by atoms with E-state index in [9.17, 15) is 4.79 Å². The first-order chi connectivity index (χ1) is 10.8. The van der Waals surface area contributed by atoms with Gasteiger partial charge >= 0.3 is 0 Å². The molecule has 0 aromatic carbocycles. The molecule has 0 saturated carbocycles. The molecular formula is C15H13N5O2. The smallest absolute Gasteiger partial charge is 0.259 e. The minimum Gasteiger partial charge on any atom is -0.367 e. The van der Waals surface area contributed by atoms with Crippen LogP contribution in [0.5, 0.6) is 0 Å². The minimum absolute atomic E-state index is 0.0344. The van der Waals surface area contributed by atoms with Crippen LogP contribution >= 0.6 is 0 Å². The molecule has 110 valence electrons. The number of hydrogen-bond donors (Lipinski definition) is 2. The number of rotatable bonds is 4. The summed E-state index contributed by atoms with van der Waals surface area (Å²) in [6.45, 7) is 0.355. The van der Waals surface area contributed by atoms with Gasteiger partial charge in [-0.2, -0.15) is 0 Å². The van der Waals surface area contributed by atoms with Crippen LogP contribution in [-0.2, 0) is 6.54 Å². The summed E-state index contributed by atoms with van der Waals surface area (Å²) in [5.74, 6) is -0.399. The monoisotopic (exact) mass is 295 g/mol. The number of pyridine rings is 2. The number of nitrogens with zero attached hydrogens (tertiary/aromatic N) is 3. The van der Waals surface area contributed by atoms with Crippen molar-refractivity contribution in [1.29, 1.82) is 0 Å². The molecule has 0 aliphatic rings. The second-order valence-corrected chi connectivity index (χ2v) is 4.52. The normalized spacial score (nSPS) is 10.4. The van der Waals surface area contributed by atoms with Gasteiger partial charge in [0.05, 0.1) is 5.69 Å². The van der Waals surface area contributed by atoms with E-state index in [-0.39, 0.29) is 17.4 Å². The van der Waals surface area contributed by atoms with Gasteiger partial charge in [0.25, 0.3) is 5.91 Å². The van der Waals surface area contributed by atoms with Crippen LogP contribution in [0.15, 0.2) is 53.4 Å². The largest absolute Gasteiger partial charge is 0.367 e. The van der Waals surface area contributed by atoms with E-state index in [4.69, 9.17) is 10.3 Å². The molecular weight excluding hydrogens is 282 g/mol. The third-order valence-electron chi connectivity index (χ3n) is 3.06. The Bertz CT molecular complexity index is 771. The Kier molecular flexibility index (Phi) is 3.78. The predicted molar refractivity (Wildman–Crippen MR) is 79.6 cm³/mol. The van der Waals surface area contributed by atoms with Crippen molar-refractivity contribution < 1.29 is 9.32 Å². The van der Waals surface area contributed by atoms with Gasteiger partial charge in [0.2, 0.25) is 5.88 Å². The third-order valence-corrected chi connectivity index (χ3v) is 3.06. The van der Waals surface area contributed by atoms with Crippen molar-refractivity contribution in [2.75, 3.05) is 5.73 Å². The molecule has 1 amide bonds. The van der Waals surface area contributed by atoms with E-state index in [1.807, 2.05) is 12.1 Å². The second-order valence-electron chi connectivity index (χ2n) is 4.52. The molecule has 3 aromatic heterocycles. The number of nitrogens with two attached hydrogens (primary N) is 1. The van der Waals surface area contributed by atoms with Crippen LogP contribution in [0.25, 0.3) is 11.4 Å². The molecule has 7 heteroatoms. The summed E-state index contributed by atoms with van der Waals surface area (Å²) in [6.07, 6.45) is 4.93. The molecule has 0 unspecified atom stereocenters. The molecule has 0 radical (unpaired) electrons. The zero-order valence-electron chi connectivity index (χ0n) is 11.6. The summed E-state index contributed by atoms with van der Waals surface area (Å²) in [5.41, 5.74) is 7.69. The van der Waals surface area contributed by atoms with Crippen molar-refractivity contribution in [3.8, 4) is 11.4 Å². The van der Waals surface area contributed by atoms with Gasteiger partial charge in [-0.1, -0.05) is 11.2 Å². The summed E-state index contributed by atoms with van der Waals surface area (Å²) < 4.78 is 4.94. The van der Waals surface area contributed by atoms with Crippen LogP contribution < -0.4 is 11.1 Å². The van der Waals surface area contributed by atoms with Crippen molar-refractivity contribution in [2.45, 2.75) is 6.54 Å². The lowest BCUT2D eigenvalue weighted by atomic mass is 10.1. The molecule has 3 N–H and O–H groups in total. The molecule has 3 heterocycles. The fourth-order valence-electron chi connectivity index (χ4n) is 1.97. The topological polar surface area (TPSA) is 107 Å². The third kappa shape index (κ3) is 2.78. The fraction of sp³-hybridized carbons (Fsp3) is 0.0667.